The van der Waals surface area contributed by atoms with E-state index in [2.05, 4.69) is 20.6 Å². The summed E-state index contributed by atoms with van der Waals surface area (Å²) in [5, 5.41) is 6.44. The van der Waals surface area contributed by atoms with E-state index >= 15 is 0 Å². The minimum atomic E-state index is 0.405. The summed E-state index contributed by atoms with van der Waals surface area (Å²) < 4.78 is 11.3. The van der Waals surface area contributed by atoms with Crippen LogP contribution in [0.2, 0.25) is 0 Å². The number of ether oxygens (including phenoxy) is 1. The Labute approximate surface area is 143 Å². The third kappa shape index (κ3) is 5.30. The second-order valence-electron chi connectivity index (χ2n) is 5.49. The molecule has 130 valence electrons. The first-order valence-corrected chi connectivity index (χ1v) is 8.23. The molecular formula is C18H26N4O2. The maximum Gasteiger partial charge on any atom is 0.216 e. The standard InChI is InChI=1S/C18H26N4O2/c1-5-19-18(21-12-17-22-14(3)15(4)24-17)20-10-11-23-16-9-7-6-8-13(16)2/h6-9H,5,10-12H2,1-4H3,(H2,19,20,21). The fraction of sp³-hybridized carbons (Fsp3) is 0.444. The molecule has 0 fully saturated rings. The van der Waals surface area contributed by atoms with Crippen LogP contribution in [0.1, 0.15) is 29.8 Å². The topological polar surface area (TPSA) is 71.7 Å². The molecule has 1 heterocycles. The van der Waals surface area contributed by atoms with Gasteiger partial charge in [-0.3, -0.25) is 0 Å². The van der Waals surface area contributed by atoms with E-state index in [0.29, 0.717) is 25.6 Å². The minimum Gasteiger partial charge on any atom is -0.491 e. The van der Waals surface area contributed by atoms with E-state index in [0.717, 1.165) is 35.3 Å². The molecule has 2 aromatic rings. The van der Waals surface area contributed by atoms with Crippen molar-refractivity contribution >= 4 is 5.96 Å². The van der Waals surface area contributed by atoms with Crippen LogP contribution < -0.4 is 15.4 Å². The van der Waals surface area contributed by atoms with Crippen LogP contribution in [0.5, 0.6) is 5.75 Å². The predicted molar refractivity (Wildman–Crippen MR) is 95.5 cm³/mol. The third-order valence-electron chi connectivity index (χ3n) is 3.54. The Kier molecular flexibility index (Phi) is 6.66. The molecule has 0 unspecified atom stereocenters. The lowest BCUT2D eigenvalue weighted by Crippen LogP contribution is -2.39. The number of para-hydroxylation sites is 1. The quantitative estimate of drug-likeness (QED) is 0.464. The highest BCUT2D eigenvalue weighted by atomic mass is 16.5. The number of hydrogen-bond acceptors (Lipinski definition) is 4. The number of nitrogens with zero attached hydrogens (tertiary/aromatic N) is 2. The van der Waals surface area contributed by atoms with Crippen molar-refractivity contribution in [3.63, 3.8) is 0 Å². The van der Waals surface area contributed by atoms with Gasteiger partial charge in [0, 0.05) is 6.54 Å². The molecule has 24 heavy (non-hydrogen) atoms. The zero-order valence-corrected chi connectivity index (χ0v) is 14.8. The molecule has 2 rings (SSSR count). The number of hydrogen-bond donors (Lipinski definition) is 2. The summed E-state index contributed by atoms with van der Waals surface area (Å²) in [6.07, 6.45) is 0. The van der Waals surface area contributed by atoms with Crippen LogP contribution in [-0.4, -0.2) is 30.6 Å². The van der Waals surface area contributed by atoms with Crippen LogP contribution in [0, 0.1) is 20.8 Å². The lowest BCUT2D eigenvalue weighted by Gasteiger charge is -2.12. The van der Waals surface area contributed by atoms with Gasteiger partial charge in [0.1, 0.15) is 24.7 Å². The monoisotopic (exact) mass is 330 g/mol. The largest absolute Gasteiger partial charge is 0.491 e. The van der Waals surface area contributed by atoms with Crippen LogP contribution >= 0.6 is 0 Å². The second-order valence-corrected chi connectivity index (χ2v) is 5.49. The Bertz CT molecular complexity index is 660. The minimum absolute atomic E-state index is 0.405. The Hall–Kier alpha value is -2.50. The number of aliphatic imine (C=N–C) groups is 1. The van der Waals surface area contributed by atoms with Crippen LogP contribution in [0.15, 0.2) is 33.7 Å². The second kappa shape index (κ2) is 8.96. The zero-order valence-electron chi connectivity index (χ0n) is 14.8. The number of guanidine groups is 1. The van der Waals surface area contributed by atoms with Gasteiger partial charge in [0.05, 0.1) is 12.2 Å². The maximum atomic E-state index is 5.77. The van der Waals surface area contributed by atoms with Crippen molar-refractivity contribution in [1.29, 1.82) is 0 Å². The smallest absolute Gasteiger partial charge is 0.216 e. The van der Waals surface area contributed by atoms with E-state index in [4.69, 9.17) is 9.15 Å². The molecular weight excluding hydrogens is 304 g/mol. The van der Waals surface area contributed by atoms with Crippen molar-refractivity contribution in [3.05, 3.63) is 47.2 Å². The first-order chi connectivity index (χ1) is 11.6. The molecule has 1 aromatic carbocycles. The number of nitrogens with one attached hydrogen (secondary N) is 2. The van der Waals surface area contributed by atoms with Crippen molar-refractivity contribution in [1.82, 2.24) is 15.6 Å². The Morgan fingerprint density at radius 1 is 1.21 bits per heavy atom. The summed E-state index contributed by atoms with van der Waals surface area (Å²) in [4.78, 5) is 8.82. The van der Waals surface area contributed by atoms with E-state index < -0.39 is 0 Å². The SMILES string of the molecule is CCNC(=NCc1nc(C)c(C)o1)NCCOc1ccccc1C. The lowest BCUT2D eigenvalue weighted by atomic mass is 10.2. The fourth-order valence-corrected chi connectivity index (χ4v) is 2.14. The Morgan fingerprint density at radius 3 is 2.67 bits per heavy atom. The van der Waals surface area contributed by atoms with Crippen LogP contribution in [0.4, 0.5) is 0 Å². The van der Waals surface area contributed by atoms with E-state index in [1.54, 1.807) is 0 Å². The van der Waals surface area contributed by atoms with Gasteiger partial charge < -0.3 is 19.8 Å². The summed E-state index contributed by atoms with van der Waals surface area (Å²) >= 11 is 0. The maximum absolute atomic E-state index is 5.77. The molecule has 0 aliphatic carbocycles. The summed E-state index contributed by atoms with van der Waals surface area (Å²) in [5.74, 6) is 3.09. The highest BCUT2D eigenvalue weighted by Gasteiger charge is 2.05. The molecule has 0 bridgehead atoms. The van der Waals surface area contributed by atoms with Gasteiger partial charge in [-0.25, -0.2) is 9.98 Å². The third-order valence-corrected chi connectivity index (χ3v) is 3.54. The highest BCUT2D eigenvalue weighted by molar-refractivity contribution is 5.79. The van der Waals surface area contributed by atoms with Crippen molar-refractivity contribution in [2.75, 3.05) is 19.7 Å². The summed E-state index contributed by atoms with van der Waals surface area (Å²) in [5.41, 5.74) is 2.04. The summed E-state index contributed by atoms with van der Waals surface area (Å²) in [6.45, 7) is 10.3. The van der Waals surface area contributed by atoms with E-state index in [9.17, 15) is 0 Å². The number of aryl methyl sites for hydroxylation is 3. The number of rotatable bonds is 7. The molecule has 0 saturated heterocycles. The summed E-state index contributed by atoms with van der Waals surface area (Å²) in [6, 6.07) is 7.99. The van der Waals surface area contributed by atoms with Crippen LogP contribution in [0.3, 0.4) is 0 Å². The molecule has 0 atom stereocenters. The van der Waals surface area contributed by atoms with Crippen molar-refractivity contribution < 1.29 is 9.15 Å². The molecule has 1 aromatic heterocycles. The molecule has 0 amide bonds. The van der Waals surface area contributed by atoms with Gasteiger partial charge in [-0.15, -0.1) is 0 Å². The van der Waals surface area contributed by atoms with E-state index in [1.807, 2.05) is 52.0 Å². The van der Waals surface area contributed by atoms with Crippen molar-refractivity contribution in [2.24, 2.45) is 4.99 Å². The molecule has 0 saturated carbocycles. The van der Waals surface area contributed by atoms with Gasteiger partial charge in [-0.2, -0.15) is 0 Å². The average molecular weight is 330 g/mol. The highest BCUT2D eigenvalue weighted by Crippen LogP contribution is 2.15. The molecule has 0 aliphatic rings. The predicted octanol–water partition coefficient (Wildman–Crippen LogP) is 2.73. The first-order valence-electron chi connectivity index (χ1n) is 8.23. The number of oxazole rings is 1. The normalized spacial score (nSPS) is 11.4. The van der Waals surface area contributed by atoms with E-state index in [1.165, 1.54) is 0 Å². The van der Waals surface area contributed by atoms with Crippen molar-refractivity contribution in [2.45, 2.75) is 34.2 Å². The zero-order chi connectivity index (χ0) is 17.4. The van der Waals surface area contributed by atoms with Crippen LogP contribution in [-0.2, 0) is 6.54 Å². The lowest BCUT2D eigenvalue weighted by molar-refractivity contribution is 0.320. The Balaban J connectivity index is 1.82. The average Bonchev–Trinajstić information content (AvgIpc) is 2.89. The van der Waals surface area contributed by atoms with Crippen molar-refractivity contribution in [3.8, 4) is 5.75 Å². The Morgan fingerprint density at radius 2 is 2.00 bits per heavy atom. The molecule has 6 heteroatoms. The van der Waals surface area contributed by atoms with Gasteiger partial charge in [0.15, 0.2) is 5.96 Å². The first kappa shape index (κ1) is 17.8. The van der Waals surface area contributed by atoms with Crippen LogP contribution in [0.25, 0.3) is 0 Å². The number of benzene rings is 1. The van der Waals surface area contributed by atoms with Gasteiger partial charge in [-0.1, -0.05) is 18.2 Å². The number of aromatic nitrogens is 1. The van der Waals surface area contributed by atoms with Gasteiger partial charge >= 0.3 is 0 Å². The molecule has 2 N–H and O–H groups in total. The van der Waals surface area contributed by atoms with Gasteiger partial charge in [0.2, 0.25) is 5.89 Å². The van der Waals surface area contributed by atoms with Gasteiger partial charge in [-0.05, 0) is 39.3 Å². The summed E-state index contributed by atoms with van der Waals surface area (Å²) in [7, 11) is 0. The van der Waals surface area contributed by atoms with Gasteiger partial charge in [0.25, 0.3) is 0 Å². The molecule has 0 aliphatic heterocycles. The molecule has 0 radical (unpaired) electrons. The fourth-order valence-electron chi connectivity index (χ4n) is 2.14. The molecule has 6 nitrogen and oxygen atoms in total. The van der Waals surface area contributed by atoms with E-state index in [-0.39, 0.29) is 0 Å². The molecule has 0 spiro atoms.